The highest BCUT2D eigenvalue weighted by atomic mass is 16.1. The number of nitrogens with one attached hydrogen (secondary N) is 1. The second kappa shape index (κ2) is 8.00. The normalized spacial score (nSPS) is 22.4. The number of aryl methyl sites for hydroxylation is 1. The second-order valence-corrected chi connectivity index (χ2v) is 9.10. The summed E-state index contributed by atoms with van der Waals surface area (Å²) in [5.41, 5.74) is 4.84. The van der Waals surface area contributed by atoms with Crippen LogP contribution in [0.3, 0.4) is 0 Å². The molecule has 0 atom stereocenters. The molecule has 0 spiro atoms. The average molecular weight is 380 g/mol. The van der Waals surface area contributed by atoms with Crippen molar-refractivity contribution < 1.29 is 0 Å². The summed E-state index contributed by atoms with van der Waals surface area (Å²) in [6.07, 6.45) is 11.1. The number of hydrogen-bond donors (Lipinski definition) is 1. The summed E-state index contributed by atoms with van der Waals surface area (Å²) in [6.45, 7) is 6.02. The Morgan fingerprint density at radius 1 is 0.893 bits per heavy atom. The molecule has 1 aromatic carbocycles. The lowest BCUT2D eigenvalue weighted by Crippen LogP contribution is -2.46. The lowest BCUT2D eigenvalue weighted by Gasteiger charge is -2.40. The van der Waals surface area contributed by atoms with Gasteiger partial charge in [-0.05, 0) is 94.7 Å². The molecule has 3 heterocycles. The van der Waals surface area contributed by atoms with E-state index >= 15 is 0 Å². The molecule has 0 unspecified atom stereocenters. The smallest absolute Gasteiger partial charge is 0.251 e. The van der Waals surface area contributed by atoms with Gasteiger partial charge >= 0.3 is 0 Å². The number of piperidine rings is 2. The van der Waals surface area contributed by atoms with E-state index in [0.29, 0.717) is 0 Å². The highest BCUT2D eigenvalue weighted by Crippen LogP contribution is 2.27. The minimum absolute atomic E-state index is 0.140. The van der Waals surface area contributed by atoms with Crippen molar-refractivity contribution in [2.75, 3.05) is 26.2 Å². The molecule has 2 aromatic rings. The first-order valence-electron chi connectivity index (χ1n) is 11.4. The van der Waals surface area contributed by atoms with Gasteiger partial charge in [-0.25, -0.2) is 0 Å². The Balaban J connectivity index is 1.28. The van der Waals surface area contributed by atoms with Crippen LogP contribution in [-0.4, -0.2) is 47.0 Å². The summed E-state index contributed by atoms with van der Waals surface area (Å²) < 4.78 is 0. The first-order valence-corrected chi connectivity index (χ1v) is 11.4. The third kappa shape index (κ3) is 3.65. The maximum atomic E-state index is 12.5. The topological polar surface area (TPSA) is 39.3 Å². The Labute approximate surface area is 167 Å². The molecule has 1 aliphatic carbocycles. The summed E-state index contributed by atoms with van der Waals surface area (Å²) in [7, 11) is 0. The van der Waals surface area contributed by atoms with E-state index in [-0.39, 0.29) is 5.56 Å². The number of aromatic nitrogens is 1. The number of aromatic amines is 1. The third-order valence-corrected chi connectivity index (χ3v) is 7.27. The van der Waals surface area contributed by atoms with Crippen LogP contribution in [0.25, 0.3) is 10.9 Å². The van der Waals surface area contributed by atoms with Crippen LogP contribution in [0.1, 0.15) is 61.6 Å². The molecule has 4 nitrogen and oxygen atoms in total. The summed E-state index contributed by atoms with van der Waals surface area (Å²) in [4.78, 5) is 21.0. The number of rotatable bonds is 3. The molecule has 1 N–H and O–H groups in total. The minimum Gasteiger partial charge on any atom is -0.322 e. The minimum atomic E-state index is 0.140. The highest BCUT2D eigenvalue weighted by molar-refractivity contribution is 5.83. The predicted octanol–water partition coefficient (Wildman–Crippen LogP) is 3.86. The summed E-state index contributed by atoms with van der Waals surface area (Å²) >= 11 is 0. The molecule has 150 valence electrons. The van der Waals surface area contributed by atoms with Gasteiger partial charge in [-0.15, -0.1) is 0 Å². The van der Waals surface area contributed by atoms with Gasteiger partial charge in [-0.3, -0.25) is 9.69 Å². The van der Waals surface area contributed by atoms with E-state index in [0.717, 1.165) is 42.9 Å². The number of benzene rings is 1. The van der Waals surface area contributed by atoms with E-state index in [1.165, 1.54) is 81.2 Å². The number of hydrogen-bond acceptors (Lipinski definition) is 3. The summed E-state index contributed by atoms with van der Waals surface area (Å²) in [5.74, 6) is 0. The van der Waals surface area contributed by atoms with Gasteiger partial charge in [0, 0.05) is 29.1 Å². The van der Waals surface area contributed by atoms with Crippen LogP contribution in [0, 0.1) is 0 Å². The van der Waals surface area contributed by atoms with Gasteiger partial charge in [-0.1, -0.05) is 18.6 Å². The maximum absolute atomic E-state index is 12.5. The lowest BCUT2D eigenvalue weighted by molar-refractivity contribution is 0.0897. The van der Waals surface area contributed by atoms with E-state index < -0.39 is 0 Å². The van der Waals surface area contributed by atoms with Crippen molar-refractivity contribution in [3.05, 3.63) is 45.2 Å². The van der Waals surface area contributed by atoms with E-state index in [2.05, 4.69) is 33.0 Å². The molecule has 0 bridgehead atoms. The number of H-pyrrole nitrogens is 1. The average Bonchev–Trinajstić information content (AvgIpc) is 2.75. The van der Waals surface area contributed by atoms with E-state index in [9.17, 15) is 4.79 Å². The first-order chi connectivity index (χ1) is 13.8. The van der Waals surface area contributed by atoms with E-state index in [1.807, 2.05) is 0 Å². The SMILES string of the molecule is O=c1[nH]c2cc(CN3CCC(N4CCCCC4)CC3)ccc2c2c1CCCC2. The van der Waals surface area contributed by atoms with Crippen molar-refractivity contribution in [3.63, 3.8) is 0 Å². The fraction of sp³-hybridized carbons (Fsp3) is 0.625. The number of pyridine rings is 1. The molecule has 0 amide bonds. The fourth-order valence-corrected chi connectivity index (χ4v) is 5.69. The monoisotopic (exact) mass is 379 g/mol. The molecule has 4 heteroatoms. The Kier molecular flexibility index (Phi) is 5.25. The zero-order valence-corrected chi connectivity index (χ0v) is 17.0. The number of likely N-dealkylation sites (tertiary alicyclic amines) is 2. The Morgan fingerprint density at radius 2 is 1.64 bits per heavy atom. The van der Waals surface area contributed by atoms with Gasteiger partial charge < -0.3 is 9.88 Å². The molecule has 1 aromatic heterocycles. The highest BCUT2D eigenvalue weighted by Gasteiger charge is 2.25. The van der Waals surface area contributed by atoms with Gasteiger partial charge in [0.15, 0.2) is 0 Å². The zero-order chi connectivity index (χ0) is 18.9. The van der Waals surface area contributed by atoms with Crippen molar-refractivity contribution >= 4 is 10.9 Å². The van der Waals surface area contributed by atoms with Crippen molar-refractivity contribution in [2.45, 2.75) is 70.4 Å². The van der Waals surface area contributed by atoms with Crippen LogP contribution >= 0.6 is 0 Å². The number of nitrogens with zero attached hydrogens (tertiary/aromatic N) is 2. The molecule has 0 saturated carbocycles. The van der Waals surface area contributed by atoms with Gasteiger partial charge in [-0.2, -0.15) is 0 Å². The van der Waals surface area contributed by atoms with Gasteiger partial charge in [0.2, 0.25) is 0 Å². The standard InChI is InChI=1S/C24H33N3O/c28-24-22-7-3-2-6-20(22)21-9-8-18(16-23(21)25-24)17-26-14-10-19(11-15-26)27-12-4-1-5-13-27/h8-9,16,19H,1-7,10-15,17H2,(H,25,28). The van der Waals surface area contributed by atoms with Crippen LogP contribution in [-0.2, 0) is 19.4 Å². The van der Waals surface area contributed by atoms with Crippen molar-refractivity contribution in [3.8, 4) is 0 Å². The van der Waals surface area contributed by atoms with Gasteiger partial charge in [0.25, 0.3) is 5.56 Å². The quantitative estimate of drug-likeness (QED) is 0.880. The molecule has 2 aliphatic heterocycles. The fourth-order valence-electron chi connectivity index (χ4n) is 5.69. The van der Waals surface area contributed by atoms with Crippen LogP contribution in [0.2, 0.25) is 0 Å². The Hall–Kier alpha value is -1.65. The van der Waals surface area contributed by atoms with Crippen molar-refractivity contribution in [2.24, 2.45) is 0 Å². The van der Waals surface area contributed by atoms with Crippen molar-refractivity contribution in [1.29, 1.82) is 0 Å². The second-order valence-electron chi connectivity index (χ2n) is 9.10. The lowest BCUT2D eigenvalue weighted by atomic mass is 9.89. The van der Waals surface area contributed by atoms with Crippen LogP contribution < -0.4 is 5.56 Å². The van der Waals surface area contributed by atoms with E-state index in [4.69, 9.17) is 0 Å². The molecular formula is C24H33N3O. The zero-order valence-electron chi connectivity index (χ0n) is 17.0. The molecule has 5 rings (SSSR count). The molecule has 2 fully saturated rings. The molecule has 28 heavy (non-hydrogen) atoms. The van der Waals surface area contributed by atoms with Gasteiger partial charge in [0.1, 0.15) is 0 Å². The number of fused-ring (bicyclic) bond motifs is 3. The first kappa shape index (κ1) is 18.4. The molecular weight excluding hydrogens is 346 g/mol. The Morgan fingerprint density at radius 3 is 2.43 bits per heavy atom. The van der Waals surface area contributed by atoms with Crippen LogP contribution in [0.4, 0.5) is 0 Å². The Bertz CT molecular complexity index is 889. The van der Waals surface area contributed by atoms with Crippen LogP contribution in [0.15, 0.2) is 23.0 Å². The largest absolute Gasteiger partial charge is 0.322 e. The molecule has 0 radical (unpaired) electrons. The molecule has 3 aliphatic rings. The maximum Gasteiger partial charge on any atom is 0.251 e. The van der Waals surface area contributed by atoms with Gasteiger partial charge in [0.05, 0.1) is 0 Å². The molecule has 2 saturated heterocycles. The van der Waals surface area contributed by atoms with Crippen molar-refractivity contribution in [1.82, 2.24) is 14.8 Å². The summed E-state index contributed by atoms with van der Waals surface area (Å²) in [6, 6.07) is 7.57. The van der Waals surface area contributed by atoms with E-state index in [1.54, 1.807) is 0 Å². The van der Waals surface area contributed by atoms with Crippen LogP contribution in [0.5, 0.6) is 0 Å². The summed E-state index contributed by atoms with van der Waals surface area (Å²) in [5, 5.41) is 1.27. The predicted molar refractivity (Wildman–Crippen MR) is 115 cm³/mol. The third-order valence-electron chi connectivity index (χ3n) is 7.27.